The van der Waals surface area contributed by atoms with E-state index in [4.69, 9.17) is 12.2 Å². The molecule has 20 heavy (non-hydrogen) atoms. The first-order valence-electron chi connectivity index (χ1n) is 6.85. The van der Waals surface area contributed by atoms with Crippen molar-refractivity contribution in [3.05, 3.63) is 64.1 Å². The van der Waals surface area contributed by atoms with Gasteiger partial charge in [-0.25, -0.2) is 0 Å². The molecule has 2 aromatic carbocycles. The Bertz CT molecular complexity index is 578. The Morgan fingerprint density at radius 3 is 2.55 bits per heavy atom. The first kappa shape index (κ1) is 15.2. The molecule has 0 fully saturated rings. The predicted molar refractivity (Wildman–Crippen MR) is 94.5 cm³/mol. The Balaban J connectivity index is 2.01. The molecule has 0 atom stereocenters. The van der Waals surface area contributed by atoms with Gasteiger partial charge < -0.3 is 5.32 Å². The van der Waals surface area contributed by atoms with E-state index in [0.29, 0.717) is 0 Å². The zero-order valence-electron chi connectivity index (χ0n) is 11.5. The van der Waals surface area contributed by atoms with E-state index in [-0.39, 0.29) is 0 Å². The molecule has 0 saturated heterocycles. The number of nitrogens with one attached hydrogen (secondary N) is 1. The number of halogens is 1. The summed E-state index contributed by atoms with van der Waals surface area (Å²) in [4.78, 5) is 0.743. The van der Waals surface area contributed by atoms with Gasteiger partial charge in [0, 0.05) is 15.7 Å². The number of anilines is 1. The highest BCUT2D eigenvalue weighted by Gasteiger charge is 2.02. The maximum Gasteiger partial charge on any atom is 0.111 e. The van der Waals surface area contributed by atoms with Crippen molar-refractivity contribution in [1.29, 1.82) is 0 Å². The Hall–Kier alpha value is -1.19. The first-order chi connectivity index (χ1) is 9.69. The molecule has 3 heteroatoms. The summed E-state index contributed by atoms with van der Waals surface area (Å²) in [7, 11) is 0. The van der Waals surface area contributed by atoms with E-state index >= 15 is 0 Å². The van der Waals surface area contributed by atoms with E-state index in [1.54, 1.807) is 0 Å². The minimum absolute atomic E-state index is 0.743. The molecule has 2 aromatic rings. The molecular weight excluding hydrogens is 330 g/mol. The van der Waals surface area contributed by atoms with Crippen molar-refractivity contribution in [2.75, 3.05) is 5.32 Å². The average molecular weight is 348 g/mol. The number of thiocarbonyl (C=S) groups is 1. The number of unbranched alkanes of at least 4 members (excludes halogenated alkanes) is 1. The second kappa shape index (κ2) is 7.55. The third-order valence-corrected chi connectivity index (χ3v) is 3.95. The molecule has 1 N–H and O–H groups in total. The van der Waals surface area contributed by atoms with Crippen LogP contribution in [0.2, 0.25) is 0 Å². The minimum atomic E-state index is 0.743. The van der Waals surface area contributed by atoms with Gasteiger partial charge in [-0.05, 0) is 42.7 Å². The van der Waals surface area contributed by atoms with Crippen LogP contribution in [0, 0.1) is 0 Å². The summed E-state index contributed by atoms with van der Waals surface area (Å²) in [5, 5.41) is 3.28. The lowest BCUT2D eigenvalue weighted by molar-refractivity contribution is 0.795. The van der Waals surface area contributed by atoms with Gasteiger partial charge in [-0.15, -0.1) is 0 Å². The maximum atomic E-state index is 5.43. The quantitative estimate of drug-likeness (QED) is 0.708. The normalized spacial score (nSPS) is 10.3. The monoisotopic (exact) mass is 347 g/mol. The summed E-state index contributed by atoms with van der Waals surface area (Å²) in [5.74, 6) is 0. The van der Waals surface area contributed by atoms with Crippen LogP contribution in [0.3, 0.4) is 0 Å². The number of aryl methyl sites for hydroxylation is 1. The van der Waals surface area contributed by atoms with Crippen molar-refractivity contribution in [3.63, 3.8) is 0 Å². The van der Waals surface area contributed by atoms with E-state index in [9.17, 15) is 0 Å². The second-order valence-corrected chi connectivity index (χ2v) is 6.09. The van der Waals surface area contributed by atoms with Crippen molar-refractivity contribution >= 4 is 38.8 Å². The molecule has 0 radical (unpaired) electrons. The Labute approximate surface area is 134 Å². The van der Waals surface area contributed by atoms with Crippen LogP contribution < -0.4 is 5.32 Å². The number of benzene rings is 2. The van der Waals surface area contributed by atoms with Gasteiger partial charge in [-0.2, -0.15) is 0 Å². The highest BCUT2D eigenvalue weighted by Crippen LogP contribution is 2.16. The summed E-state index contributed by atoms with van der Waals surface area (Å²) in [6.45, 7) is 2.21. The molecule has 0 bridgehead atoms. The summed E-state index contributed by atoms with van der Waals surface area (Å²) >= 11 is 8.90. The van der Waals surface area contributed by atoms with Gasteiger partial charge in [-0.1, -0.05) is 65.8 Å². The third-order valence-electron chi connectivity index (χ3n) is 3.12. The van der Waals surface area contributed by atoms with Gasteiger partial charge in [0.1, 0.15) is 4.99 Å². The first-order valence-corrected chi connectivity index (χ1v) is 8.05. The van der Waals surface area contributed by atoms with Crippen LogP contribution in [-0.4, -0.2) is 4.99 Å². The van der Waals surface area contributed by atoms with Gasteiger partial charge in [0.15, 0.2) is 0 Å². The van der Waals surface area contributed by atoms with Crippen LogP contribution >= 0.6 is 28.1 Å². The maximum absolute atomic E-state index is 5.43. The van der Waals surface area contributed by atoms with Gasteiger partial charge in [0.05, 0.1) is 0 Å². The highest BCUT2D eigenvalue weighted by atomic mass is 79.9. The molecule has 0 unspecified atom stereocenters. The molecule has 0 aliphatic heterocycles. The SMILES string of the molecule is CCCCc1ccc(NC(=S)c2cccc(Br)c2)cc1. The summed E-state index contributed by atoms with van der Waals surface area (Å²) in [5.41, 5.74) is 3.44. The van der Waals surface area contributed by atoms with Crippen LogP contribution in [0.1, 0.15) is 30.9 Å². The van der Waals surface area contributed by atoms with Crippen molar-refractivity contribution < 1.29 is 0 Å². The van der Waals surface area contributed by atoms with Gasteiger partial charge >= 0.3 is 0 Å². The Kier molecular flexibility index (Phi) is 5.74. The fourth-order valence-electron chi connectivity index (χ4n) is 1.97. The van der Waals surface area contributed by atoms with Gasteiger partial charge in [0.2, 0.25) is 0 Å². The van der Waals surface area contributed by atoms with E-state index in [0.717, 1.165) is 27.1 Å². The van der Waals surface area contributed by atoms with Crippen molar-refractivity contribution in [3.8, 4) is 0 Å². The average Bonchev–Trinajstić information content (AvgIpc) is 2.46. The fourth-order valence-corrected chi connectivity index (χ4v) is 2.61. The molecule has 104 valence electrons. The minimum Gasteiger partial charge on any atom is -0.346 e. The highest BCUT2D eigenvalue weighted by molar-refractivity contribution is 9.10. The molecule has 0 saturated carbocycles. The smallest absolute Gasteiger partial charge is 0.111 e. The van der Waals surface area contributed by atoms with Crippen LogP contribution in [0.15, 0.2) is 53.0 Å². The standard InChI is InChI=1S/C17H18BrNS/c1-2-3-5-13-8-10-16(11-9-13)19-17(20)14-6-4-7-15(18)12-14/h4,6-12H,2-3,5H2,1H3,(H,19,20). The lowest BCUT2D eigenvalue weighted by Gasteiger charge is -2.09. The fraction of sp³-hybridized carbons (Fsp3) is 0.235. The van der Waals surface area contributed by atoms with Crippen molar-refractivity contribution in [1.82, 2.24) is 0 Å². The zero-order valence-corrected chi connectivity index (χ0v) is 13.9. The summed E-state index contributed by atoms with van der Waals surface area (Å²) < 4.78 is 1.04. The number of hydrogen-bond acceptors (Lipinski definition) is 1. The molecule has 0 amide bonds. The molecule has 1 nitrogen and oxygen atoms in total. The lowest BCUT2D eigenvalue weighted by Crippen LogP contribution is -2.10. The van der Waals surface area contributed by atoms with E-state index < -0.39 is 0 Å². The molecule has 2 rings (SSSR count). The summed E-state index contributed by atoms with van der Waals surface area (Å²) in [6.07, 6.45) is 3.61. The van der Waals surface area contributed by atoms with Crippen molar-refractivity contribution in [2.45, 2.75) is 26.2 Å². The third kappa shape index (κ3) is 4.43. The predicted octanol–water partition coefficient (Wildman–Crippen LogP) is 5.58. The second-order valence-electron chi connectivity index (χ2n) is 4.76. The van der Waals surface area contributed by atoms with Gasteiger partial charge in [-0.3, -0.25) is 0 Å². The zero-order chi connectivity index (χ0) is 14.4. The van der Waals surface area contributed by atoms with E-state index in [2.05, 4.69) is 52.4 Å². The molecule has 0 aliphatic rings. The van der Waals surface area contributed by atoms with Crippen LogP contribution in [0.25, 0.3) is 0 Å². The number of rotatable bonds is 5. The van der Waals surface area contributed by atoms with E-state index in [1.807, 2.05) is 24.3 Å². The summed E-state index contributed by atoms with van der Waals surface area (Å²) in [6, 6.07) is 16.5. The van der Waals surface area contributed by atoms with E-state index in [1.165, 1.54) is 18.4 Å². The Morgan fingerprint density at radius 1 is 1.15 bits per heavy atom. The van der Waals surface area contributed by atoms with Crippen LogP contribution in [0.5, 0.6) is 0 Å². The van der Waals surface area contributed by atoms with Crippen LogP contribution in [-0.2, 0) is 6.42 Å². The number of hydrogen-bond donors (Lipinski definition) is 1. The van der Waals surface area contributed by atoms with Crippen LogP contribution in [0.4, 0.5) is 5.69 Å². The molecule has 0 aromatic heterocycles. The van der Waals surface area contributed by atoms with Crippen molar-refractivity contribution in [2.24, 2.45) is 0 Å². The largest absolute Gasteiger partial charge is 0.346 e. The molecule has 0 aliphatic carbocycles. The molecular formula is C17H18BrNS. The van der Waals surface area contributed by atoms with Gasteiger partial charge in [0.25, 0.3) is 0 Å². The molecule has 0 spiro atoms. The Morgan fingerprint density at radius 2 is 1.90 bits per heavy atom. The molecule has 0 heterocycles. The lowest BCUT2D eigenvalue weighted by atomic mass is 10.1. The topological polar surface area (TPSA) is 12.0 Å².